The first-order valence-corrected chi connectivity index (χ1v) is 7.35. The normalized spacial score (nSPS) is 10.9. The number of carbonyl (C=O) groups excluding carboxylic acids is 2. The molecule has 5 nitrogen and oxygen atoms in total. The monoisotopic (exact) mass is 311 g/mol. The average molecular weight is 311 g/mol. The van der Waals surface area contributed by atoms with Crippen molar-refractivity contribution in [2.75, 3.05) is 14.2 Å². The van der Waals surface area contributed by atoms with Gasteiger partial charge in [-0.05, 0) is 24.1 Å². The van der Waals surface area contributed by atoms with E-state index in [-0.39, 0.29) is 11.1 Å². The van der Waals surface area contributed by atoms with E-state index < -0.39 is 11.9 Å². The number of aryl methyl sites for hydroxylation is 1. The molecule has 0 saturated heterocycles. The maximum atomic E-state index is 12.2. The molecule has 2 aromatic carbocycles. The van der Waals surface area contributed by atoms with Gasteiger partial charge >= 0.3 is 11.9 Å². The molecule has 1 heterocycles. The molecule has 3 aromatic rings. The zero-order valence-electron chi connectivity index (χ0n) is 13.2. The number of hydrogen-bond acceptors (Lipinski definition) is 4. The summed E-state index contributed by atoms with van der Waals surface area (Å²) in [6.45, 7) is 1.94. The Bertz CT molecular complexity index is 924. The van der Waals surface area contributed by atoms with Crippen LogP contribution in [-0.4, -0.2) is 31.1 Å². The second kappa shape index (κ2) is 5.76. The predicted octanol–water partition coefficient (Wildman–Crippen LogP) is 3.46. The SMILES string of the molecule is CCc1c(C(=O)OC)c(C(=O)OC)cc2c1[nH]c1ccccc12. The van der Waals surface area contributed by atoms with Gasteiger partial charge in [0.05, 0.1) is 30.9 Å². The molecule has 5 heteroatoms. The first-order valence-electron chi connectivity index (χ1n) is 7.35. The topological polar surface area (TPSA) is 68.4 Å². The molecule has 0 aliphatic carbocycles. The molecule has 0 aliphatic heterocycles. The van der Waals surface area contributed by atoms with Crippen LogP contribution >= 0.6 is 0 Å². The summed E-state index contributed by atoms with van der Waals surface area (Å²) in [6.07, 6.45) is 0.582. The van der Waals surface area contributed by atoms with Gasteiger partial charge in [-0.2, -0.15) is 0 Å². The van der Waals surface area contributed by atoms with Crippen LogP contribution in [0.25, 0.3) is 21.8 Å². The summed E-state index contributed by atoms with van der Waals surface area (Å²) < 4.78 is 9.73. The quantitative estimate of drug-likeness (QED) is 0.752. The van der Waals surface area contributed by atoms with Crippen molar-refractivity contribution >= 4 is 33.7 Å². The number of hydrogen-bond donors (Lipinski definition) is 1. The molecule has 0 unspecified atom stereocenters. The maximum absolute atomic E-state index is 12.2. The minimum Gasteiger partial charge on any atom is -0.465 e. The Kier molecular flexibility index (Phi) is 3.78. The van der Waals surface area contributed by atoms with E-state index in [0.717, 1.165) is 27.4 Å². The number of fused-ring (bicyclic) bond motifs is 3. The molecule has 0 aliphatic rings. The van der Waals surface area contributed by atoms with E-state index in [9.17, 15) is 9.59 Å². The Balaban J connectivity index is 2.49. The third kappa shape index (κ3) is 2.25. The molecule has 0 fully saturated rings. The third-order valence-electron chi connectivity index (χ3n) is 4.06. The zero-order chi connectivity index (χ0) is 16.6. The smallest absolute Gasteiger partial charge is 0.339 e. The van der Waals surface area contributed by atoms with Crippen molar-refractivity contribution in [1.29, 1.82) is 0 Å². The van der Waals surface area contributed by atoms with Crippen molar-refractivity contribution in [2.24, 2.45) is 0 Å². The van der Waals surface area contributed by atoms with Crippen LogP contribution in [0.1, 0.15) is 33.2 Å². The molecule has 118 valence electrons. The van der Waals surface area contributed by atoms with Crippen molar-refractivity contribution in [3.05, 3.63) is 47.0 Å². The van der Waals surface area contributed by atoms with E-state index in [4.69, 9.17) is 9.47 Å². The molecule has 1 N–H and O–H groups in total. The van der Waals surface area contributed by atoms with Crippen LogP contribution in [0, 0.1) is 0 Å². The van der Waals surface area contributed by atoms with Crippen molar-refractivity contribution in [3.8, 4) is 0 Å². The third-order valence-corrected chi connectivity index (χ3v) is 4.06. The van der Waals surface area contributed by atoms with E-state index in [0.29, 0.717) is 6.42 Å². The molecule has 0 spiro atoms. The molecule has 3 rings (SSSR count). The van der Waals surface area contributed by atoms with E-state index in [1.807, 2.05) is 31.2 Å². The largest absolute Gasteiger partial charge is 0.465 e. The Morgan fingerprint density at radius 1 is 1.04 bits per heavy atom. The fourth-order valence-corrected chi connectivity index (χ4v) is 3.02. The number of esters is 2. The van der Waals surface area contributed by atoms with Gasteiger partial charge in [-0.15, -0.1) is 0 Å². The van der Waals surface area contributed by atoms with Gasteiger partial charge in [0.1, 0.15) is 0 Å². The number of rotatable bonds is 3. The molecule has 0 radical (unpaired) electrons. The first-order chi connectivity index (χ1) is 11.1. The number of nitrogens with one attached hydrogen (secondary N) is 1. The first kappa shape index (κ1) is 15.1. The summed E-state index contributed by atoms with van der Waals surface area (Å²) in [6, 6.07) is 9.52. The van der Waals surface area contributed by atoms with Crippen LogP contribution in [0.3, 0.4) is 0 Å². The Morgan fingerprint density at radius 2 is 1.74 bits per heavy atom. The van der Waals surface area contributed by atoms with Gasteiger partial charge in [0.2, 0.25) is 0 Å². The highest BCUT2D eigenvalue weighted by Crippen LogP contribution is 2.33. The number of carbonyl (C=O) groups is 2. The second-order valence-electron chi connectivity index (χ2n) is 5.21. The number of aromatic amines is 1. The summed E-state index contributed by atoms with van der Waals surface area (Å²) in [7, 11) is 2.60. The maximum Gasteiger partial charge on any atom is 0.339 e. The average Bonchev–Trinajstić information content (AvgIpc) is 2.97. The Labute approximate surface area is 133 Å². The van der Waals surface area contributed by atoms with Crippen LogP contribution < -0.4 is 0 Å². The number of methoxy groups -OCH3 is 2. The molecule has 1 aromatic heterocycles. The van der Waals surface area contributed by atoms with Gasteiger partial charge in [0, 0.05) is 16.3 Å². The highest BCUT2D eigenvalue weighted by Gasteiger charge is 2.25. The summed E-state index contributed by atoms with van der Waals surface area (Å²) in [4.78, 5) is 27.8. The number of ether oxygens (including phenoxy) is 2. The molecule has 0 bridgehead atoms. The lowest BCUT2D eigenvalue weighted by molar-refractivity contribution is 0.0554. The number of para-hydroxylation sites is 1. The molecule has 0 saturated carbocycles. The lowest BCUT2D eigenvalue weighted by Crippen LogP contribution is -2.15. The van der Waals surface area contributed by atoms with Crippen molar-refractivity contribution in [2.45, 2.75) is 13.3 Å². The highest BCUT2D eigenvalue weighted by molar-refractivity contribution is 6.15. The number of H-pyrrole nitrogens is 1. The standard InChI is InChI=1S/C18H17NO4/c1-4-10-15(18(21)23-3)13(17(20)22-2)9-12-11-7-5-6-8-14(11)19-16(10)12/h5-9,19H,4H2,1-3H3. The van der Waals surface area contributed by atoms with E-state index >= 15 is 0 Å². The summed E-state index contributed by atoms with van der Waals surface area (Å²) in [5.41, 5.74) is 3.05. The van der Waals surface area contributed by atoms with Crippen LogP contribution in [0.4, 0.5) is 0 Å². The van der Waals surface area contributed by atoms with E-state index in [1.165, 1.54) is 14.2 Å². The minimum absolute atomic E-state index is 0.230. The Hall–Kier alpha value is -2.82. The van der Waals surface area contributed by atoms with Crippen molar-refractivity contribution in [3.63, 3.8) is 0 Å². The second-order valence-corrected chi connectivity index (χ2v) is 5.21. The fourth-order valence-electron chi connectivity index (χ4n) is 3.02. The van der Waals surface area contributed by atoms with Crippen molar-refractivity contribution in [1.82, 2.24) is 4.98 Å². The van der Waals surface area contributed by atoms with E-state index in [2.05, 4.69) is 4.98 Å². The number of benzene rings is 2. The van der Waals surface area contributed by atoms with Gasteiger partial charge in [-0.3, -0.25) is 0 Å². The van der Waals surface area contributed by atoms with Crippen molar-refractivity contribution < 1.29 is 19.1 Å². The van der Waals surface area contributed by atoms with Gasteiger partial charge in [-0.1, -0.05) is 25.1 Å². The van der Waals surface area contributed by atoms with Gasteiger partial charge in [-0.25, -0.2) is 9.59 Å². The van der Waals surface area contributed by atoms with Crippen LogP contribution in [0.15, 0.2) is 30.3 Å². The molecule has 0 atom stereocenters. The van der Waals surface area contributed by atoms with Crippen LogP contribution in [0.5, 0.6) is 0 Å². The lowest BCUT2D eigenvalue weighted by Gasteiger charge is -2.12. The number of aromatic nitrogens is 1. The molecular formula is C18H17NO4. The molecular weight excluding hydrogens is 294 g/mol. The fraction of sp³-hybridized carbons (Fsp3) is 0.222. The van der Waals surface area contributed by atoms with Gasteiger partial charge < -0.3 is 14.5 Å². The van der Waals surface area contributed by atoms with Gasteiger partial charge in [0.15, 0.2) is 0 Å². The summed E-state index contributed by atoms with van der Waals surface area (Å²) >= 11 is 0. The minimum atomic E-state index is -0.549. The Morgan fingerprint density at radius 3 is 2.39 bits per heavy atom. The lowest BCUT2D eigenvalue weighted by atomic mass is 9.95. The van der Waals surface area contributed by atoms with Crippen LogP contribution in [0.2, 0.25) is 0 Å². The molecule has 23 heavy (non-hydrogen) atoms. The highest BCUT2D eigenvalue weighted by atomic mass is 16.5. The zero-order valence-corrected chi connectivity index (χ0v) is 13.2. The predicted molar refractivity (Wildman–Crippen MR) is 87.9 cm³/mol. The van der Waals surface area contributed by atoms with Gasteiger partial charge in [0.25, 0.3) is 0 Å². The van der Waals surface area contributed by atoms with E-state index in [1.54, 1.807) is 6.07 Å². The summed E-state index contributed by atoms with van der Waals surface area (Å²) in [5.74, 6) is -1.09. The van der Waals surface area contributed by atoms with Crippen LogP contribution in [-0.2, 0) is 15.9 Å². The summed E-state index contributed by atoms with van der Waals surface area (Å²) in [5, 5.41) is 1.89. The molecule has 0 amide bonds.